The van der Waals surface area contributed by atoms with Crippen molar-refractivity contribution in [2.24, 2.45) is 7.05 Å². The summed E-state index contributed by atoms with van der Waals surface area (Å²) < 4.78 is 68.5. The molecule has 3 heterocycles. The van der Waals surface area contributed by atoms with Crippen LogP contribution in [0.1, 0.15) is 10.9 Å². The van der Waals surface area contributed by atoms with E-state index in [4.69, 9.17) is 11.6 Å². The highest BCUT2D eigenvalue weighted by Gasteiger charge is 2.58. The average Bonchev–Trinajstić information content (AvgIpc) is 3.15. The summed E-state index contributed by atoms with van der Waals surface area (Å²) in [6.45, 7) is 0.139. The van der Waals surface area contributed by atoms with E-state index >= 15 is 0 Å². The first kappa shape index (κ1) is 18.8. The molecule has 1 unspecified atom stereocenters. The maximum absolute atomic E-state index is 13.6. The zero-order valence-electron chi connectivity index (χ0n) is 13.1. The minimum atomic E-state index is -6.12. The van der Waals surface area contributed by atoms with Crippen molar-refractivity contribution in [3.05, 3.63) is 36.9 Å². The number of nitrogens with zero attached hydrogens (tertiary/aromatic N) is 4. The summed E-state index contributed by atoms with van der Waals surface area (Å²) in [4.78, 5) is 16.5. The lowest BCUT2D eigenvalue weighted by Gasteiger charge is -2.25. The number of likely N-dealkylation sites (N-methyl/N-ethyl adjacent to an activating group) is 1. The summed E-state index contributed by atoms with van der Waals surface area (Å²) >= 11 is 6.73. The number of halogens is 6. The van der Waals surface area contributed by atoms with Crippen LogP contribution >= 0.6 is 22.9 Å². The fourth-order valence-corrected chi connectivity index (χ4v) is 3.93. The summed E-state index contributed by atoms with van der Waals surface area (Å²) in [7, 11) is 2.71. The molecule has 13 heteroatoms. The van der Waals surface area contributed by atoms with Gasteiger partial charge in [0.05, 0.1) is 19.0 Å². The third-order valence-corrected chi connectivity index (χ3v) is 5.26. The van der Waals surface area contributed by atoms with Gasteiger partial charge in [-0.05, 0) is 5.76 Å². The van der Waals surface area contributed by atoms with Gasteiger partial charge in [-0.25, -0.2) is 14.3 Å². The fraction of sp³-hybridized carbons (Fsp3) is 0.462. The third kappa shape index (κ3) is 2.54. The first-order chi connectivity index (χ1) is 11.9. The highest BCUT2D eigenvalue weighted by molar-refractivity contribution is 7.15. The number of alkyl halides is 5. The molecular formula is C13H10ClF5N4O2S. The van der Waals surface area contributed by atoms with Gasteiger partial charge in [0.15, 0.2) is 9.82 Å². The number of thiazole rings is 1. The van der Waals surface area contributed by atoms with Gasteiger partial charge in [-0.1, -0.05) is 11.6 Å². The maximum Gasteiger partial charge on any atom is 0.456 e. The Hall–Kier alpha value is -1.95. The third-order valence-electron chi connectivity index (χ3n) is 4.04. The monoisotopic (exact) mass is 416 g/mol. The lowest BCUT2D eigenvalue weighted by atomic mass is 10.2. The second-order valence-corrected chi connectivity index (χ2v) is 7.34. The molecule has 1 aliphatic heterocycles. The molecule has 0 saturated heterocycles. The molecule has 0 aromatic carbocycles. The first-order valence-corrected chi connectivity index (χ1v) is 8.20. The number of rotatable bonds is 2. The molecule has 0 spiro atoms. The molecule has 0 aliphatic carbocycles. The molecule has 0 bridgehead atoms. The van der Waals surface area contributed by atoms with Crippen molar-refractivity contribution < 1.29 is 27.1 Å². The van der Waals surface area contributed by atoms with Crippen LogP contribution < -0.4 is 26.2 Å². The van der Waals surface area contributed by atoms with Gasteiger partial charge in [-0.15, -0.1) is 11.3 Å². The van der Waals surface area contributed by atoms with Gasteiger partial charge >= 0.3 is 23.3 Å². The van der Waals surface area contributed by atoms with E-state index in [1.807, 2.05) is 0 Å². The van der Waals surface area contributed by atoms with Gasteiger partial charge < -0.3 is 5.11 Å². The summed E-state index contributed by atoms with van der Waals surface area (Å²) in [5, 5.41) is 10.8. The van der Waals surface area contributed by atoms with E-state index in [0.717, 1.165) is 20.5 Å². The predicted molar refractivity (Wildman–Crippen MR) is 80.6 cm³/mol. The van der Waals surface area contributed by atoms with Crippen molar-refractivity contribution >= 4 is 28.7 Å². The lowest BCUT2D eigenvalue weighted by molar-refractivity contribution is -0.335. The highest BCUT2D eigenvalue weighted by Crippen LogP contribution is 2.39. The Labute approximate surface area is 150 Å². The topological polar surface area (TPSA) is 65.9 Å². The largest absolute Gasteiger partial charge is 0.869 e. The van der Waals surface area contributed by atoms with E-state index in [0.29, 0.717) is 4.88 Å². The van der Waals surface area contributed by atoms with Gasteiger partial charge in [-0.3, -0.25) is 4.58 Å². The molecule has 2 aromatic heterocycles. The van der Waals surface area contributed by atoms with Crippen molar-refractivity contribution in [2.45, 2.75) is 18.1 Å². The van der Waals surface area contributed by atoms with Crippen LogP contribution in [0.15, 0.2) is 11.0 Å². The van der Waals surface area contributed by atoms with Crippen LogP contribution in [0.3, 0.4) is 0 Å². The quantitative estimate of drug-likeness (QED) is 0.498. The highest BCUT2D eigenvalue weighted by atomic mass is 35.5. The molecule has 1 atom stereocenters. The van der Waals surface area contributed by atoms with Crippen LogP contribution in [0.2, 0.25) is 4.47 Å². The number of imidazole rings is 1. The van der Waals surface area contributed by atoms with Crippen LogP contribution in [-0.4, -0.2) is 39.8 Å². The normalized spacial score (nSPS) is 19.1. The molecule has 1 aliphatic rings. The van der Waals surface area contributed by atoms with E-state index in [1.54, 1.807) is 0 Å². The second-order valence-electron chi connectivity index (χ2n) is 5.70. The zero-order chi connectivity index (χ0) is 19.6. The van der Waals surface area contributed by atoms with Gasteiger partial charge in [0, 0.05) is 6.20 Å². The lowest BCUT2D eigenvalue weighted by Crippen LogP contribution is -2.50. The molecule has 142 valence electrons. The standard InChI is InChI=1S/C13H10ClF5N4O2S/c1-21-4-5(6-3-20-10(14)26-6)23-7(9(25)22(2)11(21)23)8(24)12(15,16)13(17,18)19/h3,5H,4H2,1-2H3. The van der Waals surface area contributed by atoms with Gasteiger partial charge in [0.2, 0.25) is 0 Å². The van der Waals surface area contributed by atoms with Gasteiger partial charge in [-0.2, -0.15) is 26.5 Å². The molecule has 2 aromatic rings. The molecule has 26 heavy (non-hydrogen) atoms. The first-order valence-electron chi connectivity index (χ1n) is 7.00. The summed E-state index contributed by atoms with van der Waals surface area (Å²) in [5.41, 5.74) is -1.20. The van der Waals surface area contributed by atoms with E-state index in [1.165, 1.54) is 24.9 Å². The van der Waals surface area contributed by atoms with Gasteiger partial charge in [0.25, 0.3) is 0 Å². The minimum absolute atomic E-state index is 0.0332. The SMILES string of the molecule is Cn1c(=O)c(=C([O-])C(F)(F)C(F)(F)F)n2c1=[N+](C)CC2c1cnc(Cl)s1. The second kappa shape index (κ2) is 5.78. The van der Waals surface area contributed by atoms with Crippen LogP contribution in [0, 0.1) is 0 Å². The van der Waals surface area contributed by atoms with E-state index in [-0.39, 0.29) is 16.6 Å². The Morgan fingerprint density at radius 1 is 1.42 bits per heavy atom. The molecule has 0 saturated carbocycles. The smallest absolute Gasteiger partial charge is 0.456 e. The van der Waals surface area contributed by atoms with Crippen molar-refractivity contribution in [1.82, 2.24) is 18.7 Å². The molecule has 3 rings (SSSR count). The van der Waals surface area contributed by atoms with Crippen LogP contribution in [-0.2, 0) is 7.05 Å². The Morgan fingerprint density at radius 2 is 2.04 bits per heavy atom. The van der Waals surface area contributed by atoms with E-state index in [2.05, 4.69) is 4.98 Å². The molecule has 0 N–H and O–H groups in total. The molecule has 0 fully saturated rings. The molecule has 6 nitrogen and oxygen atoms in total. The number of fused-ring (bicyclic) bond motifs is 1. The van der Waals surface area contributed by atoms with E-state index < -0.39 is 34.8 Å². The molecule has 0 amide bonds. The van der Waals surface area contributed by atoms with Crippen molar-refractivity contribution in [1.29, 1.82) is 0 Å². The maximum atomic E-state index is 13.6. The average molecular weight is 417 g/mol. The minimum Gasteiger partial charge on any atom is -0.869 e. The Balaban J connectivity index is 2.41. The van der Waals surface area contributed by atoms with Crippen molar-refractivity contribution in [2.75, 3.05) is 13.6 Å². The van der Waals surface area contributed by atoms with Crippen molar-refractivity contribution in [3.8, 4) is 0 Å². The van der Waals surface area contributed by atoms with Crippen LogP contribution in [0.4, 0.5) is 22.0 Å². The fourth-order valence-electron chi connectivity index (χ4n) is 2.89. The number of hydrogen-bond donors (Lipinski definition) is 0. The van der Waals surface area contributed by atoms with Gasteiger partial charge in [0.1, 0.15) is 12.6 Å². The predicted octanol–water partition coefficient (Wildman–Crippen LogP) is -0.313. The zero-order valence-corrected chi connectivity index (χ0v) is 14.7. The summed E-state index contributed by atoms with van der Waals surface area (Å²) in [6.07, 6.45) is -4.80. The van der Waals surface area contributed by atoms with Crippen LogP contribution in [0.25, 0.3) is 5.76 Å². The summed E-state index contributed by atoms with van der Waals surface area (Å²) in [6, 6.07) is -0.850. The molecular weight excluding hydrogens is 407 g/mol. The summed E-state index contributed by atoms with van der Waals surface area (Å²) in [5.74, 6) is -8.28. The number of hydrogen-bond acceptors (Lipinski definition) is 4. The van der Waals surface area contributed by atoms with E-state index in [9.17, 15) is 31.9 Å². The Bertz CT molecular complexity index is 1070. The van der Waals surface area contributed by atoms with Crippen molar-refractivity contribution in [3.63, 3.8) is 0 Å². The number of aromatic nitrogens is 3. The Morgan fingerprint density at radius 3 is 2.54 bits per heavy atom. The molecule has 0 radical (unpaired) electrons. The van der Waals surface area contributed by atoms with Crippen LogP contribution in [0.5, 0.6) is 0 Å². The Kier molecular flexibility index (Phi) is 4.18.